The van der Waals surface area contributed by atoms with Gasteiger partial charge in [-0.1, -0.05) is 30.8 Å². The van der Waals surface area contributed by atoms with Gasteiger partial charge in [-0.05, 0) is 59.7 Å². The Balaban J connectivity index is 2.08. The van der Waals surface area contributed by atoms with Gasteiger partial charge in [0.1, 0.15) is 5.75 Å². The number of fused-ring (bicyclic) bond motifs is 1. The average molecular weight is 322 g/mol. The van der Waals surface area contributed by atoms with Crippen LogP contribution in [0.15, 0.2) is 48.8 Å². The molecule has 0 fully saturated rings. The molecule has 126 valence electrons. The molecule has 0 radical (unpaired) electrons. The van der Waals surface area contributed by atoms with Crippen molar-refractivity contribution in [2.45, 2.75) is 26.3 Å². The Kier molecular flexibility index (Phi) is 4.79. The first-order valence-corrected chi connectivity index (χ1v) is 8.51. The highest BCUT2D eigenvalue weighted by molar-refractivity contribution is 5.70. The molecule has 3 nitrogen and oxygen atoms in total. The molecule has 0 bridgehead atoms. The van der Waals surface area contributed by atoms with Gasteiger partial charge in [-0.25, -0.2) is 0 Å². The lowest BCUT2D eigenvalue weighted by Gasteiger charge is -2.25. The van der Waals surface area contributed by atoms with Crippen LogP contribution in [-0.2, 0) is 13.0 Å². The van der Waals surface area contributed by atoms with E-state index in [2.05, 4.69) is 60.1 Å². The molecular formula is C21H26N2O. The van der Waals surface area contributed by atoms with Gasteiger partial charge in [0.2, 0.25) is 0 Å². The van der Waals surface area contributed by atoms with Crippen molar-refractivity contribution >= 4 is 0 Å². The van der Waals surface area contributed by atoms with Crippen LogP contribution in [0.3, 0.4) is 0 Å². The second kappa shape index (κ2) is 7.00. The zero-order chi connectivity index (χ0) is 17.1. The summed E-state index contributed by atoms with van der Waals surface area (Å²) in [5, 5.41) is 3.18. The Morgan fingerprint density at radius 1 is 1.25 bits per heavy atom. The fourth-order valence-electron chi connectivity index (χ4n) is 3.48. The van der Waals surface area contributed by atoms with Gasteiger partial charge in [0.15, 0.2) is 0 Å². The van der Waals surface area contributed by atoms with Crippen molar-refractivity contribution in [1.29, 1.82) is 0 Å². The summed E-state index contributed by atoms with van der Waals surface area (Å²) in [5.74, 6) is 1.98. The smallest absolute Gasteiger partial charge is 0.123 e. The molecule has 1 aliphatic heterocycles. The standard InChI is InChI=1S/C21H26N2O/c1-15-8-5-6-9-19(15)17-12-18-14-23(16(2)22-3)11-7-10-20(18)21(13-17)24-4/h5-6,8-9,12-13,22H,2,7,10-11,14H2,1,3-4H3. The maximum atomic E-state index is 5.74. The highest BCUT2D eigenvalue weighted by atomic mass is 16.5. The van der Waals surface area contributed by atoms with Crippen LogP contribution in [0, 0.1) is 6.92 Å². The number of nitrogens with zero attached hydrogens (tertiary/aromatic N) is 1. The molecule has 3 heteroatoms. The summed E-state index contributed by atoms with van der Waals surface area (Å²) in [5.41, 5.74) is 6.44. The highest BCUT2D eigenvalue weighted by Gasteiger charge is 2.20. The number of aryl methyl sites for hydroxylation is 1. The Morgan fingerprint density at radius 2 is 2.04 bits per heavy atom. The molecule has 0 unspecified atom stereocenters. The first-order valence-electron chi connectivity index (χ1n) is 8.51. The molecule has 0 aromatic heterocycles. The largest absolute Gasteiger partial charge is 0.496 e. The lowest BCUT2D eigenvalue weighted by molar-refractivity contribution is 0.324. The number of ether oxygens (including phenoxy) is 1. The van der Waals surface area contributed by atoms with Gasteiger partial charge in [0, 0.05) is 20.1 Å². The number of hydrogen-bond acceptors (Lipinski definition) is 3. The van der Waals surface area contributed by atoms with Gasteiger partial charge in [-0.3, -0.25) is 0 Å². The summed E-state index contributed by atoms with van der Waals surface area (Å²) >= 11 is 0. The number of rotatable bonds is 4. The van der Waals surface area contributed by atoms with E-state index in [9.17, 15) is 0 Å². The molecule has 0 spiro atoms. The second-order valence-corrected chi connectivity index (χ2v) is 6.35. The van der Waals surface area contributed by atoms with E-state index in [0.717, 1.165) is 37.5 Å². The second-order valence-electron chi connectivity index (χ2n) is 6.35. The first-order chi connectivity index (χ1) is 11.6. The number of nitrogens with one attached hydrogen (secondary N) is 1. The Bertz CT molecular complexity index is 751. The van der Waals surface area contributed by atoms with Gasteiger partial charge >= 0.3 is 0 Å². The Hall–Kier alpha value is -2.42. The van der Waals surface area contributed by atoms with E-state index < -0.39 is 0 Å². The molecule has 0 amide bonds. The van der Waals surface area contributed by atoms with Crippen LogP contribution in [0.2, 0.25) is 0 Å². The van der Waals surface area contributed by atoms with E-state index in [-0.39, 0.29) is 0 Å². The van der Waals surface area contributed by atoms with Gasteiger partial charge in [-0.2, -0.15) is 0 Å². The van der Waals surface area contributed by atoms with E-state index in [1.54, 1.807) is 7.11 Å². The van der Waals surface area contributed by atoms with E-state index in [0.29, 0.717) is 0 Å². The summed E-state index contributed by atoms with van der Waals surface area (Å²) in [4.78, 5) is 2.31. The normalized spacial score (nSPS) is 13.9. The molecule has 1 heterocycles. The molecule has 1 N–H and O–H groups in total. The number of benzene rings is 2. The average Bonchev–Trinajstić information content (AvgIpc) is 2.83. The molecule has 2 aromatic carbocycles. The summed E-state index contributed by atoms with van der Waals surface area (Å²) in [6.45, 7) is 8.16. The van der Waals surface area contributed by atoms with Crippen LogP contribution >= 0.6 is 0 Å². The van der Waals surface area contributed by atoms with Crippen molar-refractivity contribution in [1.82, 2.24) is 10.2 Å². The minimum atomic E-state index is 0.866. The Morgan fingerprint density at radius 3 is 2.75 bits per heavy atom. The van der Waals surface area contributed by atoms with Crippen molar-refractivity contribution in [3.8, 4) is 16.9 Å². The molecule has 0 saturated carbocycles. The van der Waals surface area contributed by atoms with Crippen LogP contribution in [0.4, 0.5) is 0 Å². The van der Waals surface area contributed by atoms with E-state index in [1.807, 2.05) is 7.05 Å². The molecular weight excluding hydrogens is 296 g/mol. The third kappa shape index (κ3) is 3.12. The van der Waals surface area contributed by atoms with Crippen molar-refractivity contribution in [3.05, 3.63) is 65.5 Å². The van der Waals surface area contributed by atoms with E-state index in [4.69, 9.17) is 4.74 Å². The molecule has 0 atom stereocenters. The van der Waals surface area contributed by atoms with Crippen molar-refractivity contribution in [2.24, 2.45) is 0 Å². The van der Waals surface area contributed by atoms with Crippen LogP contribution < -0.4 is 10.1 Å². The van der Waals surface area contributed by atoms with Gasteiger partial charge < -0.3 is 15.0 Å². The minimum Gasteiger partial charge on any atom is -0.496 e. The summed E-state index contributed by atoms with van der Waals surface area (Å²) < 4.78 is 5.74. The Labute approximate surface area is 145 Å². The maximum absolute atomic E-state index is 5.74. The molecule has 2 aromatic rings. The predicted molar refractivity (Wildman–Crippen MR) is 100 cm³/mol. The molecule has 0 saturated heterocycles. The van der Waals surface area contributed by atoms with Gasteiger partial charge in [-0.15, -0.1) is 0 Å². The third-order valence-corrected chi connectivity index (χ3v) is 4.86. The summed E-state index contributed by atoms with van der Waals surface area (Å²) in [6.07, 6.45) is 2.15. The van der Waals surface area contributed by atoms with Gasteiger partial charge in [0.25, 0.3) is 0 Å². The lowest BCUT2D eigenvalue weighted by atomic mass is 9.94. The van der Waals surface area contributed by atoms with E-state index >= 15 is 0 Å². The fourth-order valence-corrected chi connectivity index (χ4v) is 3.48. The first kappa shape index (κ1) is 16.4. The molecule has 0 aliphatic carbocycles. The molecule has 3 rings (SSSR count). The van der Waals surface area contributed by atoms with Crippen molar-refractivity contribution in [3.63, 3.8) is 0 Å². The topological polar surface area (TPSA) is 24.5 Å². The molecule has 24 heavy (non-hydrogen) atoms. The fraction of sp³-hybridized carbons (Fsp3) is 0.333. The van der Waals surface area contributed by atoms with Gasteiger partial charge in [0.05, 0.1) is 12.9 Å². The zero-order valence-corrected chi connectivity index (χ0v) is 14.9. The van der Waals surface area contributed by atoms with Crippen LogP contribution in [0.1, 0.15) is 23.1 Å². The third-order valence-electron chi connectivity index (χ3n) is 4.86. The summed E-state index contributed by atoms with van der Waals surface area (Å²) in [6, 6.07) is 13.0. The maximum Gasteiger partial charge on any atom is 0.123 e. The molecule has 1 aliphatic rings. The zero-order valence-electron chi connectivity index (χ0n) is 14.9. The predicted octanol–water partition coefficient (Wildman–Crippen LogP) is 4.11. The quantitative estimate of drug-likeness (QED) is 0.917. The van der Waals surface area contributed by atoms with E-state index in [1.165, 1.54) is 27.8 Å². The minimum absolute atomic E-state index is 0.866. The highest BCUT2D eigenvalue weighted by Crippen LogP contribution is 2.35. The lowest BCUT2D eigenvalue weighted by Crippen LogP contribution is -2.28. The monoisotopic (exact) mass is 322 g/mol. The van der Waals surface area contributed by atoms with Crippen LogP contribution in [0.25, 0.3) is 11.1 Å². The number of methoxy groups -OCH3 is 1. The SMILES string of the molecule is C=C(NC)N1CCCc2c(cc(-c3ccccc3C)cc2OC)C1. The van der Waals surface area contributed by atoms with Crippen molar-refractivity contribution < 1.29 is 4.74 Å². The van der Waals surface area contributed by atoms with Crippen LogP contribution in [-0.4, -0.2) is 25.6 Å². The van der Waals surface area contributed by atoms with Crippen LogP contribution in [0.5, 0.6) is 5.75 Å². The van der Waals surface area contributed by atoms with Crippen molar-refractivity contribution in [2.75, 3.05) is 20.7 Å². The summed E-state index contributed by atoms with van der Waals surface area (Å²) in [7, 11) is 3.70. The number of hydrogen-bond donors (Lipinski definition) is 1.